The van der Waals surface area contributed by atoms with Crippen LogP contribution >= 0.6 is 0 Å². The average Bonchev–Trinajstić information content (AvgIpc) is 3.11. The van der Waals surface area contributed by atoms with Crippen molar-refractivity contribution in [1.82, 2.24) is 9.78 Å². The van der Waals surface area contributed by atoms with E-state index in [1.54, 1.807) is 4.68 Å². The van der Waals surface area contributed by atoms with Crippen LogP contribution in [0.15, 0.2) is 91.0 Å². The molecule has 126 valence electrons. The van der Waals surface area contributed by atoms with Crippen molar-refractivity contribution >= 4 is 5.97 Å². The van der Waals surface area contributed by atoms with Gasteiger partial charge in [0.2, 0.25) is 0 Å². The van der Waals surface area contributed by atoms with E-state index >= 15 is 0 Å². The summed E-state index contributed by atoms with van der Waals surface area (Å²) in [6, 6.07) is 28.8. The van der Waals surface area contributed by atoms with Crippen LogP contribution in [0.1, 0.15) is 10.5 Å². The Morgan fingerprint density at radius 3 is 1.77 bits per heavy atom. The summed E-state index contributed by atoms with van der Waals surface area (Å²) in [5, 5.41) is 14.2. The second-order valence-electron chi connectivity index (χ2n) is 5.86. The topological polar surface area (TPSA) is 55.1 Å². The quantitative estimate of drug-likeness (QED) is 0.574. The first kappa shape index (κ1) is 15.8. The second kappa shape index (κ2) is 6.69. The summed E-state index contributed by atoms with van der Waals surface area (Å²) in [6.07, 6.45) is 0. The molecule has 1 heterocycles. The van der Waals surface area contributed by atoms with Gasteiger partial charge in [0.15, 0.2) is 5.69 Å². The van der Waals surface area contributed by atoms with E-state index in [0.717, 1.165) is 22.5 Å². The summed E-state index contributed by atoms with van der Waals surface area (Å²) in [4.78, 5) is 11.9. The number of para-hydroxylation sites is 1. The van der Waals surface area contributed by atoms with Gasteiger partial charge in [-0.1, -0.05) is 78.9 Å². The minimum atomic E-state index is -1.05. The second-order valence-corrected chi connectivity index (χ2v) is 5.86. The molecule has 0 aliphatic heterocycles. The third-order valence-electron chi connectivity index (χ3n) is 4.20. The van der Waals surface area contributed by atoms with Gasteiger partial charge < -0.3 is 5.11 Å². The Labute approximate surface area is 151 Å². The van der Waals surface area contributed by atoms with Gasteiger partial charge in [-0.3, -0.25) is 0 Å². The fourth-order valence-electron chi connectivity index (χ4n) is 3.06. The van der Waals surface area contributed by atoms with Crippen molar-refractivity contribution in [3.63, 3.8) is 0 Å². The fraction of sp³-hybridized carbons (Fsp3) is 0. The SMILES string of the molecule is O=C(O)c1nn(-c2ccccc2)c(-c2ccccc2)c1-c1ccccc1. The van der Waals surface area contributed by atoms with Gasteiger partial charge in [0.25, 0.3) is 0 Å². The monoisotopic (exact) mass is 340 g/mol. The van der Waals surface area contributed by atoms with E-state index in [1.165, 1.54) is 0 Å². The van der Waals surface area contributed by atoms with Crippen molar-refractivity contribution in [2.24, 2.45) is 0 Å². The van der Waals surface area contributed by atoms with E-state index in [0.29, 0.717) is 5.56 Å². The van der Waals surface area contributed by atoms with Crippen LogP contribution < -0.4 is 0 Å². The zero-order chi connectivity index (χ0) is 17.9. The lowest BCUT2D eigenvalue weighted by Gasteiger charge is -2.10. The van der Waals surface area contributed by atoms with Gasteiger partial charge in [0.05, 0.1) is 11.4 Å². The normalized spacial score (nSPS) is 10.6. The standard InChI is InChI=1S/C22H16N2O2/c25-22(26)20-19(16-10-4-1-5-11-16)21(17-12-6-2-7-13-17)24(23-20)18-14-8-3-9-15-18/h1-15H,(H,25,26). The first-order valence-electron chi connectivity index (χ1n) is 8.28. The average molecular weight is 340 g/mol. The maximum atomic E-state index is 11.9. The molecule has 0 bridgehead atoms. The fourth-order valence-corrected chi connectivity index (χ4v) is 3.06. The molecular weight excluding hydrogens is 324 g/mol. The molecule has 0 atom stereocenters. The lowest BCUT2D eigenvalue weighted by atomic mass is 9.98. The number of carbonyl (C=O) groups is 1. The zero-order valence-electron chi connectivity index (χ0n) is 13.9. The number of carboxylic acid groups (broad SMARTS) is 1. The van der Waals surface area contributed by atoms with Crippen LogP contribution in [0, 0.1) is 0 Å². The molecule has 0 amide bonds. The molecule has 0 aliphatic carbocycles. The van der Waals surface area contributed by atoms with Crippen molar-refractivity contribution < 1.29 is 9.90 Å². The molecule has 0 fully saturated rings. The molecule has 4 aromatic rings. The summed E-state index contributed by atoms with van der Waals surface area (Å²) >= 11 is 0. The summed E-state index contributed by atoms with van der Waals surface area (Å²) < 4.78 is 1.71. The van der Waals surface area contributed by atoms with Crippen molar-refractivity contribution in [3.05, 3.63) is 96.7 Å². The smallest absolute Gasteiger partial charge is 0.357 e. The van der Waals surface area contributed by atoms with Gasteiger partial charge in [-0.25, -0.2) is 9.48 Å². The molecule has 4 nitrogen and oxygen atoms in total. The van der Waals surface area contributed by atoms with Crippen LogP contribution in [0.2, 0.25) is 0 Å². The molecule has 4 heteroatoms. The van der Waals surface area contributed by atoms with Gasteiger partial charge >= 0.3 is 5.97 Å². The number of rotatable bonds is 4. The maximum Gasteiger partial charge on any atom is 0.357 e. The van der Waals surface area contributed by atoms with E-state index in [9.17, 15) is 9.90 Å². The van der Waals surface area contributed by atoms with Crippen LogP contribution in [-0.4, -0.2) is 20.9 Å². The van der Waals surface area contributed by atoms with Crippen LogP contribution in [0.25, 0.3) is 28.1 Å². The Morgan fingerprint density at radius 2 is 1.23 bits per heavy atom. The molecule has 0 saturated heterocycles. The third-order valence-corrected chi connectivity index (χ3v) is 4.20. The number of benzene rings is 3. The third kappa shape index (κ3) is 2.78. The minimum Gasteiger partial charge on any atom is -0.476 e. The molecule has 26 heavy (non-hydrogen) atoms. The maximum absolute atomic E-state index is 11.9. The number of aromatic nitrogens is 2. The van der Waals surface area contributed by atoms with E-state index in [2.05, 4.69) is 5.10 Å². The number of carboxylic acids is 1. The van der Waals surface area contributed by atoms with E-state index in [4.69, 9.17) is 0 Å². The predicted molar refractivity (Wildman–Crippen MR) is 101 cm³/mol. The van der Waals surface area contributed by atoms with Crippen molar-refractivity contribution in [1.29, 1.82) is 0 Å². The summed E-state index contributed by atoms with van der Waals surface area (Å²) in [5.74, 6) is -1.05. The number of aromatic carboxylic acids is 1. The Hall–Kier alpha value is -3.66. The predicted octanol–water partition coefficient (Wildman–Crippen LogP) is 4.90. The van der Waals surface area contributed by atoms with Gasteiger partial charge in [0, 0.05) is 11.1 Å². The van der Waals surface area contributed by atoms with Gasteiger partial charge in [-0.2, -0.15) is 5.10 Å². The zero-order valence-corrected chi connectivity index (χ0v) is 13.9. The van der Waals surface area contributed by atoms with E-state index in [1.807, 2.05) is 91.0 Å². The molecule has 0 spiro atoms. The molecule has 0 aliphatic rings. The Kier molecular flexibility index (Phi) is 4.07. The Morgan fingerprint density at radius 1 is 0.731 bits per heavy atom. The Balaban J connectivity index is 2.09. The highest BCUT2D eigenvalue weighted by Gasteiger charge is 2.25. The Bertz CT molecular complexity index is 1040. The molecule has 3 aromatic carbocycles. The van der Waals surface area contributed by atoms with Crippen molar-refractivity contribution in [2.45, 2.75) is 0 Å². The highest BCUT2D eigenvalue weighted by Crippen LogP contribution is 2.36. The first-order chi connectivity index (χ1) is 12.8. The molecule has 1 N–H and O–H groups in total. The highest BCUT2D eigenvalue weighted by atomic mass is 16.4. The summed E-state index contributed by atoms with van der Waals surface area (Å²) in [7, 11) is 0. The number of nitrogens with zero attached hydrogens (tertiary/aromatic N) is 2. The van der Waals surface area contributed by atoms with Gasteiger partial charge in [0.1, 0.15) is 0 Å². The lowest BCUT2D eigenvalue weighted by molar-refractivity contribution is 0.0691. The minimum absolute atomic E-state index is 0.0407. The molecule has 1 aromatic heterocycles. The van der Waals surface area contributed by atoms with Crippen LogP contribution in [0.4, 0.5) is 0 Å². The van der Waals surface area contributed by atoms with E-state index in [-0.39, 0.29) is 5.69 Å². The summed E-state index contributed by atoms with van der Waals surface area (Å²) in [5.41, 5.74) is 3.98. The van der Waals surface area contributed by atoms with Crippen LogP contribution in [0.5, 0.6) is 0 Å². The number of hydrogen-bond donors (Lipinski definition) is 1. The molecule has 0 saturated carbocycles. The van der Waals surface area contributed by atoms with Gasteiger partial charge in [-0.15, -0.1) is 0 Å². The summed E-state index contributed by atoms with van der Waals surface area (Å²) in [6.45, 7) is 0. The van der Waals surface area contributed by atoms with E-state index < -0.39 is 5.97 Å². The lowest BCUT2D eigenvalue weighted by Crippen LogP contribution is -2.02. The van der Waals surface area contributed by atoms with Crippen molar-refractivity contribution in [2.75, 3.05) is 0 Å². The van der Waals surface area contributed by atoms with Crippen LogP contribution in [-0.2, 0) is 0 Å². The highest BCUT2D eigenvalue weighted by molar-refractivity contribution is 5.99. The van der Waals surface area contributed by atoms with Crippen LogP contribution in [0.3, 0.4) is 0 Å². The molecule has 0 radical (unpaired) electrons. The molecule has 4 rings (SSSR count). The molecule has 0 unspecified atom stereocenters. The molecular formula is C22H16N2O2. The van der Waals surface area contributed by atoms with Gasteiger partial charge in [-0.05, 0) is 17.7 Å². The first-order valence-corrected chi connectivity index (χ1v) is 8.28. The largest absolute Gasteiger partial charge is 0.476 e. The van der Waals surface area contributed by atoms with Crippen molar-refractivity contribution in [3.8, 4) is 28.1 Å². The number of hydrogen-bond acceptors (Lipinski definition) is 2.